The zero-order valence-electron chi connectivity index (χ0n) is 12.9. The molecule has 5 nitrogen and oxygen atoms in total. The van der Waals surface area contributed by atoms with E-state index in [1.54, 1.807) is 0 Å². The van der Waals surface area contributed by atoms with Crippen molar-refractivity contribution < 1.29 is 36.3 Å². The lowest BCUT2D eigenvalue weighted by Crippen LogP contribution is -2.18. The first-order valence-electron chi connectivity index (χ1n) is 7.26. The van der Waals surface area contributed by atoms with Gasteiger partial charge in [0.1, 0.15) is 0 Å². The lowest BCUT2D eigenvalue weighted by atomic mass is 10.3. The molecule has 1 heterocycles. The van der Waals surface area contributed by atoms with E-state index in [1.807, 2.05) is 6.92 Å². The summed E-state index contributed by atoms with van der Waals surface area (Å²) < 4.78 is 72.0. The van der Waals surface area contributed by atoms with Crippen molar-refractivity contribution in [2.24, 2.45) is 0 Å². The number of rotatable bonds is 9. The predicted molar refractivity (Wildman–Crippen MR) is 74.3 cm³/mol. The van der Waals surface area contributed by atoms with Gasteiger partial charge < -0.3 is 18.5 Å². The van der Waals surface area contributed by atoms with E-state index in [0.717, 1.165) is 6.42 Å². The Morgan fingerprint density at radius 1 is 1.23 bits per heavy atom. The molecule has 1 atom stereocenters. The highest BCUT2D eigenvalue weighted by Crippen LogP contribution is 2.62. The monoisotopic (exact) mass is 346 g/mol. The van der Waals surface area contributed by atoms with Crippen LogP contribution in [0.25, 0.3) is 0 Å². The summed E-state index contributed by atoms with van der Waals surface area (Å²) >= 11 is 0. The lowest BCUT2D eigenvalue weighted by Gasteiger charge is -2.18. The van der Waals surface area contributed by atoms with Crippen molar-refractivity contribution in [1.82, 2.24) is 0 Å². The molecule has 0 fully saturated rings. The average Bonchev–Trinajstić information content (AvgIpc) is 2.84. The Balaban J connectivity index is 3.00. The van der Waals surface area contributed by atoms with Gasteiger partial charge in [0.2, 0.25) is 12.0 Å². The molecule has 130 valence electrons. The molecular weight excluding hydrogens is 324 g/mol. The molecule has 9 heteroatoms. The van der Waals surface area contributed by atoms with Crippen molar-refractivity contribution in [3.63, 3.8) is 0 Å². The first kappa shape index (κ1) is 19.5. The molecule has 0 bridgehead atoms. The maximum Gasteiger partial charge on any atom is 0.449 e. The molecule has 0 radical (unpaired) electrons. The summed E-state index contributed by atoms with van der Waals surface area (Å²) in [5.41, 5.74) is 0. The Labute approximate surface area is 128 Å². The van der Waals surface area contributed by atoms with Crippen LogP contribution in [0.4, 0.5) is 13.2 Å². The van der Waals surface area contributed by atoms with Crippen molar-refractivity contribution in [2.45, 2.75) is 52.5 Å². The number of halogens is 3. The topological polar surface area (TPSA) is 54.0 Å². The fraction of sp³-hybridized carbons (Fsp3) is 0.846. The van der Waals surface area contributed by atoms with Gasteiger partial charge in [-0.05, 0) is 20.3 Å². The molecule has 0 aromatic rings. The van der Waals surface area contributed by atoms with E-state index in [9.17, 15) is 17.7 Å². The van der Waals surface area contributed by atoms with Crippen LogP contribution in [0.5, 0.6) is 0 Å². The summed E-state index contributed by atoms with van der Waals surface area (Å²) in [6.45, 7) is 5.20. The van der Waals surface area contributed by atoms with Gasteiger partial charge in [-0.2, -0.15) is 13.2 Å². The van der Waals surface area contributed by atoms with Crippen LogP contribution in [0.1, 0.15) is 40.0 Å². The lowest BCUT2D eigenvalue weighted by molar-refractivity contribution is -0.173. The van der Waals surface area contributed by atoms with E-state index in [0.29, 0.717) is 6.42 Å². The Morgan fingerprint density at radius 3 is 2.27 bits per heavy atom. The van der Waals surface area contributed by atoms with Crippen LogP contribution in [-0.4, -0.2) is 32.3 Å². The number of unbranched alkanes of at least 4 members (excludes halogenated alkanes) is 1. The van der Waals surface area contributed by atoms with Crippen LogP contribution < -0.4 is 0 Å². The zero-order chi connectivity index (χ0) is 16.8. The van der Waals surface area contributed by atoms with Crippen molar-refractivity contribution in [2.75, 3.05) is 19.8 Å². The third kappa shape index (κ3) is 4.98. The minimum Gasteiger partial charge on any atom is -0.459 e. The number of hydrogen-bond donors (Lipinski definition) is 0. The van der Waals surface area contributed by atoms with E-state index in [4.69, 9.17) is 18.5 Å². The molecule has 22 heavy (non-hydrogen) atoms. The van der Waals surface area contributed by atoms with Gasteiger partial charge in [0.05, 0.1) is 25.1 Å². The van der Waals surface area contributed by atoms with Crippen LogP contribution >= 0.6 is 7.60 Å². The van der Waals surface area contributed by atoms with Crippen LogP contribution in [-0.2, 0) is 23.1 Å². The first-order valence-corrected chi connectivity index (χ1v) is 8.81. The fourth-order valence-electron chi connectivity index (χ4n) is 1.94. The molecule has 0 N–H and O–H groups in total. The summed E-state index contributed by atoms with van der Waals surface area (Å²) in [5.74, 6) is -1.32. The van der Waals surface area contributed by atoms with E-state index in [1.165, 1.54) is 13.8 Å². The molecule has 1 unspecified atom stereocenters. The maximum atomic E-state index is 13.1. The van der Waals surface area contributed by atoms with E-state index in [2.05, 4.69) is 0 Å². The van der Waals surface area contributed by atoms with Crippen molar-refractivity contribution in [3.05, 3.63) is 11.1 Å². The average molecular weight is 346 g/mol. The van der Waals surface area contributed by atoms with Gasteiger partial charge in [0.25, 0.3) is 0 Å². The third-order valence-corrected chi connectivity index (χ3v) is 5.10. The summed E-state index contributed by atoms with van der Waals surface area (Å²) in [4.78, 5) is 0. The van der Waals surface area contributed by atoms with E-state index >= 15 is 0 Å². The molecule has 0 aromatic heterocycles. The SMILES string of the molecule is CCCCOC1CC(P(=O)(OCC)OCC)=C(C(F)(F)F)O1. The zero-order valence-corrected chi connectivity index (χ0v) is 13.8. The summed E-state index contributed by atoms with van der Waals surface area (Å²) in [6.07, 6.45) is -4.63. The number of allylic oxidation sites excluding steroid dienone is 1. The van der Waals surface area contributed by atoms with Gasteiger partial charge in [0, 0.05) is 6.42 Å². The standard InChI is InChI=1S/C13H22F3O5P/c1-4-7-8-18-11-9-10(12(21-11)13(14,15)16)22(17,19-5-2)20-6-3/h11H,4-9H2,1-3H3. The quantitative estimate of drug-likeness (QED) is 0.451. The van der Waals surface area contributed by atoms with Gasteiger partial charge in [-0.25, -0.2) is 0 Å². The Hall–Kier alpha value is -0.560. The van der Waals surface area contributed by atoms with Crippen molar-refractivity contribution in [3.8, 4) is 0 Å². The number of ether oxygens (including phenoxy) is 2. The molecule has 0 aromatic carbocycles. The van der Waals surface area contributed by atoms with E-state index in [-0.39, 0.29) is 26.2 Å². The van der Waals surface area contributed by atoms with Crippen molar-refractivity contribution in [1.29, 1.82) is 0 Å². The van der Waals surface area contributed by atoms with Gasteiger partial charge in [-0.3, -0.25) is 4.57 Å². The Bertz CT molecular complexity index is 426. The molecule has 0 saturated carbocycles. The molecule has 1 aliphatic rings. The molecular formula is C13H22F3O5P. The second kappa shape index (κ2) is 8.34. The highest BCUT2D eigenvalue weighted by molar-refractivity contribution is 7.58. The largest absolute Gasteiger partial charge is 0.459 e. The molecule has 1 rings (SSSR count). The summed E-state index contributed by atoms with van der Waals surface area (Å²) in [5, 5.41) is -0.495. The molecule has 0 saturated heterocycles. The highest BCUT2D eigenvalue weighted by atomic mass is 31.2. The Kier molecular flexibility index (Phi) is 7.38. The van der Waals surface area contributed by atoms with Crippen LogP contribution in [0, 0.1) is 0 Å². The highest BCUT2D eigenvalue weighted by Gasteiger charge is 2.51. The smallest absolute Gasteiger partial charge is 0.449 e. The van der Waals surface area contributed by atoms with Gasteiger partial charge in [-0.15, -0.1) is 0 Å². The van der Waals surface area contributed by atoms with Crippen LogP contribution in [0.3, 0.4) is 0 Å². The summed E-state index contributed by atoms with van der Waals surface area (Å²) in [6, 6.07) is 0. The van der Waals surface area contributed by atoms with Gasteiger partial charge >= 0.3 is 13.8 Å². The minimum atomic E-state index is -4.78. The van der Waals surface area contributed by atoms with Gasteiger partial charge in [0.15, 0.2) is 0 Å². The van der Waals surface area contributed by atoms with Crippen molar-refractivity contribution >= 4 is 7.60 Å². The minimum absolute atomic E-state index is 0.0345. The number of hydrogen-bond acceptors (Lipinski definition) is 5. The van der Waals surface area contributed by atoms with Crippen LogP contribution in [0.2, 0.25) is 0 Å². The van der Waals surface area contributed by atoms with Gasteiger partial charge in [-0.1, -0.05) is 13.3 Å². The van der Waals surface area contributed by atoms with E-state index < -0.39 is 31.1 Å². The second-order valence-electron chi connectivity index (χ2n) is 4.58. The predicted octanol–water partition coefficient (Wildman–Crippen LogP) is 4.59. The second-order valence-corrected chi connectivity index (χ2v) is 6.63. The Morgan fingerprint density at radius 2 is 1.82 bits per heavy atom. The molecule has 0 aliphatic carbocycles. The third-order valence-electron chi connectivity index (χ3n) is 2.86. The number of alkyl halides is 3. The molecule has 0 spiro atoms. The normalized spacial score (nSPS) is 19.6. The summed E-state index contributed by atoms with van der Waals surface area (Å²) in [7, 11) is -4.04. The maximum absolute atomic E-state index is 13.1. The molecule has 1 aliphatic heterocycles. The fourth-order valence-corrected chi connectivity index (χ4v) is 3.81. The molecule has 0 amide bonds. The van der Waals surface area contributed by atoms with Crippen LogP contribution in [0.15, 0.2) is 11.1 Å². The first-order chi connectivity index (χ1) is 10.3.